The highest BCUT2D eigenvalue weighted by molar-refractivity contribution is 6.39. The number of pyridine rings is 1. The molecule has 1 amide bonds. The Hall–Kier alpha value is -2.03. The molecule has 2 heterocycles. The minimum Gasteiger partial charge on any atom is -0.312 e. The maximum atomic E-state index is 14.4. The van der Waals surface area contributed by atoms with E-state index in [0.717, 1.165) is 25.7 Å². The fourth-order valence-electron chi connectivity index (χ4n) is 5.58. The molecule has 36 heavy (non-hydrogen) atoms. The predicted molar refractivity (Wildman–Crippen MR) is 138 cm³/mol. The standard InChI is InChI=1S/C26H34Cl2FN5O2/c1-15-5-7-16(8-6-15)34-20(10-29)17(11-32-34)24(36)33(26(30)9-22(26)25(2,3)4)14-21(35)23-18(27)12-31-13-19(23)28/h11-13,15-16,22H,5-10,14,30H2,1-4H3/t15-,16+,22-,26+/m0/s1. The third-order valence-corrected chi connectivity index (χ3v) is 8.36. The summed E-state index contributed by atoms with van der Waals surface area (Å²) in [6, 6.07) is 0.0492. The van der Waals surface area contributed by atoms with E-state index in [2.05, 4.69) is 17.0 Å². The van der Waals surface area contributed by atoms with Gasteiger partial charge in [-0.1, -0.05) is 50.9 Å². The van der Waals surface area contributed by atoms with E-state index in [1.807, 2.05) is 20.8 Å². The van der Waals surface area contributed by atoms with Crippen molar-refractivity contribution < 1.29 is 14.0 Å². The molecular weight excluding hydrogens is 504 g/mol. The molecule has 4 rings (SSSR count). The Labute approximate surface area is 221 Å². The highest BCUT2D eigenvalue weighted by atomic mass is 35.5. The first-order chi connectivity index (χ1) is 16.9. The van der Waals surface area contributed by atoms with Crippen molar-refractivity contribution in [1.82, 2.24) is 19.7 Å². The first-order valence-electron chi connectivity index (χ1n) is 12.4. The highest BCUT2D eigenvalue weighted by Gasteiger charge is 2.62. The summed E-state index contributed by atoms with van der Waals surface area (Å²) in [5.74, 6) is -0.391. The van der Waals surface area contributed by atoms with E-state index >= 15 is 0 Å². The Morgan fingerprint density at radius 3 is 2.31 bits per heavy atom. The van der Waals surface area contributed by atoms with Gasteiger partial charge in [-0.2, -0.15) is 5.10 Å². The second kappa shape index (κ2) is 10.0. The molecule has 196 valence electrons. The van der Waals surface area contributed by atoms with Crippen molar-refractivity contribution in [2.24, 2.45) is 23.0 Å². The zero-order chi connectivity index (χ0) is 26.4. The smallest absolute Gasteiger partial charge is 0.259 e. The topological polar surface area (TPSA) is 94.1 Å². The van der Waals surface area contributed by atoms with Crippen LogP contribution in [0.25, 0.3) is 0 Å². The largest absolute Gasteiger partial charge is 0.312 e. The SMILES string of the molecule is CC(C)(C)[C@@H]1C[C@@]1(N)N(CC(=O)c1c(Cl)cncc1Cl)C(=O)c1cnn([C@H]2CC[C@@H](C)CC2)c1CF. The van der Waals surface area contributed by atoms with Gasteiger partial charge in [-0.3, -0.25) is 19.3 Å². The lowest BCUT2D eigenvalue weighted by Crippen LogP contribution is -2.53. The molecule has 0 aliphatic heterocycles. The summed E-state index contributed by atoms with van der Waals surface area (Å²) in [5.41, 5.74) is 5.96. The zero-order valence-electron chi connectivity index (χ0n) is 21.2. The van der Waals surface area contributed by atoms with Crippen LogP contribution in [0.3, 0.4) is 0 Å². The molecule has 2 fully saturated rings. The maximum absolute atomic E-state index is 14.4. The van der Waals surface area contributed by atoms with Gasteiger partial charge in [-0.15, -0.1) is 0 Å². The maximum Gasteiger partial charge on any atom is 0.259 e. The second-order valence-corrected chi connectivity index (χ2v) is 12.2. The monoisotopic (exact) mass is 537 g/mol. The summed E-state index contributed by atoms with van der Waals surface area (Å²) in [6.45, 7) is 7.16. The Morgan fingerprint density at radius 2 is 1.78 bits per heavy atom. The van der Waals surface area contributed by atoms with Gasteiger partial charge in [0.05, 0.1) is 51.3 Å². The van der Waals surface area contributed by atoms with Crippen LogP contribution in [-0.4, -0.2) is 43.6 Å². The molecule has 2 aliphatic rings. The predicted octanol–water partition coefficient (Wildman–Crippen LogP) is 5.85. The molecule has 7 nitrogen and oxygen atoms in total. The molecular formula is C26H34Cl2FN5O2. The van der Waals surface area contributed by atoms with Gasteiger partial charge in [0.2, 0.25) is 0 Å². The lowest BCUT2D eigenvalue weighted by Gasteiger charge is -2.33. The van der Waals surface area contributed by atoms with Crippen molar-refractivity contribution in [1.29, 1.82) is 0 Å². The summed E-state index contributed by atoms with van der Waals surface area (Å²) in [4.78, 5) is 32.6. The molecule has 0 aromatic carbocycles. The molecule has 2 atom stereocenters. The van der Waals surface area contributed by atoms with Gasteiger partial charge in [0.15, 0.2) is 5.78 Å². The van der Waals surface area contributed by atoms with Crippen molar-refractivity contribution in [2.75, 3.05) is 6.54 Å². The Morgan fingerprint density at radius 1 is 1.17 bits per heavy atom. The average Bonchev–Trinajstić information content (AvgIpc) is 3.34. The number of alkyl halides is 1. The number of hydrogen-bond donors (Lipinski definition) is 1. The number of aromatic nitrogens is 3. The number of rotatable bonds is 7. The van der Waals surface area contributed by atoms with E-state index in [-0.39, 0.29) is 50.8 Å². The van der Waals surface area contributed by atoms with Gasteiger partial charge in [-0.05, 0) is 43.4 Å². The molecule has 2 N–H and O–H groups in total. The number of amides is 1. The molecule has 10 heteroatoms. The van der Waals surface area contributed by atoms with Gasteiger partial charge in [-0.25, -0.2) is 4.39 Å². The second-order valence-electron chi connectivity index (χ2n) is 11.4. The number of carbonyl (C=O) groups excluding carboxylic acids is 2. The van der Waals surface area contributed by atoms with E-state index in [1.54, 1.807) is 4.68 Å². The Bertz CT molecular complexity index is 1140. The molecule has 2 aliphatic carbocycles. The minimum atomic E-state index is -1.06. The van der Waals surface area contributed by atoms with Crippen LogP contribution in [0.4, 0.5) is 4.39 Å². The molecule has 0 saturated heterocycles. The molecule has 0 radical (unpaired) electrons. The first-order valence-corrected chi connectivity index (χ1v) is 13.2. The summed E-state index contributed by atoms with van der Waals surface area (Å²) in [5, 5.41) is 4.62. The molecule has 0 spiro atoms. The average molecular weight is 538 g/mol. The number of ketones is 1. The number of nitrogens with zero attached hydrogens (tertiary/aromatic N) is 4. The number of Topliss-reactive ketones (excluding diaryl/α,β-unsaturated/α-hetero) is 1. The molecule has 2 aromatic heterocycles. The number of nitrogens with two attached hydrogens (primary N) is 1. The van der Waals surface area contributed by atoms with Gasteiger partial charge in [0, 0.05) is 18.3 Å². The van der Waals surface area contributed by atoms with Crippen LogP contribution < -0.4 is 5.73 Å². The summed E-state index contributed by atoms with van der Waals surface area (Å²) >= 11 is 12.4. The van der Waals surface area contributed by atoms with Crippen LogP contribution in [0.1, 0.15) is 92.3 Å². The first kappa shape index (κ1) is 27.0. The molecule has 0 bridgehead atoms. The summed E-state index contributed by atoms with van der Waals surface area (Å²) < 4.78 is 16.0. The van der Waals surface area contributed by atoms with Gasteiger partial charge >= 0.3 is 0 Å². The van der Waals surface area contributed by atoms with Crippen LogP contribution >= 0.6 is 23.2 Å². The van der Waals surface area contributed by atoms with E-state index in [4.69, 9.17) is 28.9 Å². The fourth-order valence-corrected chi connectivity index (χ4v) is 6.15. The number of carbonyl (C=O) groups is 2. The van der Waals surface area contributed by atoms with Crippen LogP contribution in [0.2, 0.25) is 10.0 Å². The zero-order valence-corrected chi connectivity index (χ0v) is 22.7. The molecule has 0 unspecified atom stereocenters. The molecule has 2 saturated carbocycles. The Balaban J connectivity index is 1.69. The van der Waals surface area contributed by atoms with Crippen molar-refractivity contribution in [3.05, 3.63) is 45.5 Å². The van der Waals surface area contributed by atoms with E-state index < -0.39 is 24.0 Å². The fraction of sp³-hybridized carbons (Fsp3) is 0.615. The minimum absolute atomic E-state index is 0.0474. The number of hydrogen-bond acceptors (Lipinski definition) is 5. The summed E-state index contributed by atoms with van der Waals surface area (Å²) in [7, 11) is 0. The van der Waals surface area contributed by atoms with Crippen molar-refractivity contribution in [2.45, 2.75) is 78.2 Å². The van der Waals surface area contributed by atoms with E-state index in [9.17, 15) is 14.0 Å². The highest BCUT2D eigenvalue weighted by Crippen LogP contribution is 2.54. The molecule has 2 aromatic rings. The van der Waals surface area contributed by atoms with Crippen molar-refractivity contribution in [3.63, 3.8) is 0 Å². The lowest BCUT2D eigenvalue weighted by atomic mass is 9.87. The van der Waals surface area contributed by atoms with E-state index in [0.29, 0.717) is 12.3 Å². The van der Waals surface area contributed by atoms with Crippen molar-refractivity contribution in [3.8, 4) is 0 Å². The van der Waals surface area contributed by atoms with Gasteiger partial charge in [0.25, 0.3) is 5.91 Å². The summed E-state index contributed by atoms with van der Waals surface area (Å²) in [6.07, 6.45) is 8.44. The quantitative estimate of drug-likeness (QED) is 0.353. The lowest BCUT2D eigenvalue weighted by molar-refractivity contribution is 0.0564. The Kier molecular flexibility index (Phi) is 7.53. The van der Waals surface area contributed by atoms with Crippen molar-refractivity contribution >= 4 is 34.9 Å². The van der Waals surface area contributed by atoms with Crippen LogP contribution in [-0.2, 0) is 6.67 Å². The van der Waals surface area contributed by atoms with Gasteiger partial charge in [0.1, 0.15) is 6.67 Å². The van der Waals surface area contributed by atoms with Crippen LogP contribution in [0.5, 0.6) is 0 Å². The normalized spacial score (nSPS) is 26.1. The third-order valence-electron chi connectivity index (χ3n) is 7.79. The van der Waals surface area contributed by atoms with Crippen LogP contribution in [0.15, 0.2) is 18.6 Å². The third kappa shape index (κ3) is 5.04. The van der Waals surface area contributed by atoms with Crippen LogP contribution in [0, 0.1) is 17.3 Å². The van der Waals surface area contributed by atoms with E-state index in [1.165, 1.54) is 23.5 Å². The number of halogens is 3. The van der Waals surface area contributed by atoms with Gasteiger partial charge < -0.3 is 10.6 Å².